The summed E-state index contributed by atoms with van der Waals surface area (Å²) in [6.07, 6.45) is 2.57. The molecule has 0 atom stereocenters. The van der Waals surface area contributed by atoms with E-state index in [0.717, 1.165) is 32.5 Å². The molecule has 1 amide bonds. The Hall–Kier alpha value is -0.970. The van der Waals surface area contributed by atoms with Crippen molar-refractivity contribution < 1.29 is 4.79 Å². The quantitative estimate of drug-likeness (QED) is 0.707. The molecule has 4 nitrogen and oxygen atoms in total. The smallest absolute Gasteiger partial charge is 0.225 e. The highest BCUT2D eigenvalue weighted by molar-refractivity contribution is 6.40. The van der Waals surface area contributed by atoms with Crippen molar-refractivity contribution in [3.05, 3.63) is 22.2 Å². The third kappa shape index (κ3) is 6.12. The van der Waals surface area contributed by atoms with Crippen LogP contribution in [0.4, 0.5) is 11.4 Å². The fourth-order valence-electron chi connectivity index (χ4n) is 2.14. The molecule has 21 heavy (non-hydrogen) atoms. The van der Waals surface area contributed by atoms with Crippen molar-refractivity contribution in [1.82, 2.24) is 4.90 Å². The van der Waals surface area contributed by atoms with Gasteiger partial charge in [0, 0.05) is 18.7 Å². The first-order chi connectivity index (χ1) is 9.97. The molecule has 0 fully saturated rings. The Kier molecular flexibility index (Phi) is 7.86. The predicted molar refractivity (Wildman–Crippen MR) is 91.1 cm³/mol. The molecule has 118 valence electrons. The van der Waals surface area contributed by atoms with Crippen LogP contribution >= 0.6 is 23.2 Å². The van der Waals surface area contributed by atoms with E-state index >= 15 is 0 Å². The molecule has 3 N–H and O–H groups in total. The molecule has 0 saturated carbocycles. The van der Waals surface area contributed by atoms with Gasteiger partial charge in [0.1, 0.15) is 0 Å². The number of nitrogens with two attached hydrogens (primary N) is 1. The van der Waals surface area contributed by atoms with Gasteiger partial charge in [0.15, 0.2) is 0 Å². The highest BCUT2D eigenvalue weighted by Crippen LogP contribution is 2.32. The molecule has 0 aliphatic carbocycles. The van der Waals surface area contributed by atoms with Crippen LogP contribution in [0.25, 0.3) is 0 Å². The SMILES string of the molecule is CCCN(CCC)CCC(=O)Nc1c(Cl)cc(N)cc1Cl. The molecule has 0 aromatic heterocycles. The monoisotopic (exact) mass is 331 g/mol. The van der Waals surface area contributed by atoms with E-state index < -0.39 is 0 Å². The molecule has 0 aliphatic rings. The Labute approximate surface area is 136 Å². The summed E-state index contributed by atoms with van der Waals surface area (Å²) in [7, 11) is 0. The molecule has 0 spiro atoms. The number of anilines is 2. The predicted octanol–water partition coefficient (Wildman–Crippen LogP) is 4.03. The van der Waals surface area contributed by atoms with Crippen LogP contribution < -0.4 is 11.1 Å². The Morgan fingerprint density at radius 3 is 2.14 bits per heavy atom. The van der Waals surface area contributed by atoms with Gasteiger partial charge in [-0.05, 0) is 38.1 Å². The van der Waals surface area contributed by atoms with Gasteiger partial charge >= 0.3 is 0 Å². The molecule has 0 aliphatic heterocycles. The van der Waals surface area contributed by atoms with Gasteiger partial charge in [0.2, 0.25) is 5.91 Å². The standard InChI is InChI=1S/C15H23Cl2N3O/c1-3-6-20(7-4-2)8-5-14(21)19-15-12(16)9-11(18)10-13(15)17/h9-10H,3-8,18H2,1-2H3,(H,19,21). The van der Waals surface area contributed by atoms with Crippen molar-refractivity contribution in [1.29, 1.82) is 0 Å². The number of halogens is 2. The highest BCUT2D eigenvalue weighted by Gasteiger charge is 2.12. The number of hydrogen-bond acceptors (Lipinski definition) is 3. The summed E-state index contributed by atoms with van der Waals surface area (Å²) in [6, 6.07) is 3.15. The Morgan fingerprint density at radius 2 is 1.67 bits per heavy atom. The fourth-order valence-corrected chi connectivity index (χ4v) is 2.74. The van der Waals surface area contributed by atoms with E-state index in [1.807, 2.05) is 0 Å². The lowest BCUT2D eigenvalue weighted by Crippen LogP contribution is -2.29. The molecule has 0 radical (unpaired) electrons. The average molecular weight is 332 g/mol. The maximum absolute atomic E-state index is 12.0. The Morgan fingerprint density at radius 1 is 1.14 bits per heavy atom. The van der Waals surface area contributed by atoms with Gasteiger partial charge in [-0.25, -0.2) is 0 Å². The van der Waals surface area contributed by atoms with Gasteiger partial charge in [-0.2, -0.15) is 0 Å². The number of amides is 1. The lowest BCUT2D eigenvalue weighted by Gasteiger charge is -2.20. The number of rotatable bonds is 8. The largest absolute Gasteiger partial charge is 0.399 e. The summed E-state index contributed by atoms with van der Waals surface area (Å²) >= 11 is 12.1. The van der Waals surface area contributed by atoms with Crippen LogP contribution in [0.15, 0.2) is 12.1 Å². The van der Waals surface area contributed by atoms with Crippen LogP contribution in [-0.2, 0) is 4.79 Å². The van der Waals surface area contributed by atoms with Crippen molar-refractivity contribution in [2.45, 2.75) is 33.1 Å². The molecule has 0 saturated heterocycles. The fraction of sp³-hybridized carbons (Fsp3) is 0.533. The normalized spacial score (nSPS) is 10.9. The van der Waals surface area contributed by atoms with Crippen molar-refractivity contribution in [3.8, 4) is 0 Å². The van der Waals surface area contributed by atoms with Crippen molar-refractivity contribution in [3.63, 3.8) is 0 Å². The van der Waals surface area contributed by atoms with Crippen LogP contribution in [0.1, 0.15) is 33.1 Å². The van der Waals surface area contributed by atoms with Crippen LogP contribution in [-0.4, -0.2) is 30.4 Å². The van der Waals surface area contributed by atoms with Crippen molar-refractivity contribution >= 4 is 40.5 Å². The molecule has 1 rings (SSSR count). The van der Waals surface area contributed by atoms with E-state index in [0.29, 0.717) is 27.8 Å². The number of hydrogen-bond donors (Lipinski definition) is 2. The number of nitrogen functional groups attached to an aromatic ring is 1. The second-order valence-corrected chi connectivity index (χ2v) is 5.81. The first kappa shape index (κ1) is 18.1. The third-order valence-electron chi connectivity index (χ3n) is 3.06. The van der Waals surface area contributed by atoms with Gasteiger partial charge in [-0.15, -0.1) is 0 Å². The minimum absolute atomic E-state index is 0.0965. The lowest BCUT2D eigenvalue weighted by molar-refractivity contribution is -0.116. The minimum atomic E-state index is -0.0965. The number of carbonyl (C=O) groups is 1. The van der Waals surface area contributed by atoms with Crippen LogP contribution in [0, 0.1) is 0 Å². The van der Waals surface area contributed by atoms with Gasteiger partial charge in [-0.3, -0.25) is 4.79 Å². The second-order valence-electron chi connectivity index (χ2n) is 5.00. The molecule has 0 unspecified atom stereocenters. The van der Waals surface area contributed by atoms with Crippen LogP contribution in [0.2, 0.25) is 10.0 Å². The molecule has 0 heterocycles. The topological polar surface area (TPSA) is 58.4 Å². The molecular weight excluding hydrogens is 309 g/mol. The molecule has 0 bridgehead atoms. The zero-order valence-corrected chi connectivity index (χ0v) is 14.1. The summed E-state index contributed by atoms with van der Waals surface area (Å²) in [5.41, 5.74) is 6.53. The van der Waals surface area contributed by atoms with Crippen molar-refractivity contribution in [2.75, 3.05) is 30.7 Å². The van der Waals surface area contributed by atoms with Gasteiger partial charge in [0.05, 0.1) is 15.7 Å². The summed E-state index contributed by atoms with van der Waals surface area (Å²) in [5.74, 6) is -0.0965. The van der Waals surface area contributed by atoms with E-state index in [9.17, 15) is 4.79 Å². The summed E-state index contributed by atoms with van der Waals surface area (Å²) in [5, 5.41) is 3.47. The van der Waals surface area contributed by atoms with E-state index in [1.54, 1.807) is 12.1 Å². The maximum atomic E-state index is 12.0. The third-order valence-corrected chi connectivity index (χ3v) is 3.66. The highest BCUT2D eigenvalue weighted by atomic mass is 35.5. The Balaban J connectivity index is 2.57. The average Bonchev–Trinajstić information content (AvgIpc) is 2.40. The number of carbonyl (C=O) groups excluding carboxylic acids is 1. The summed E-state index contributed by atoms with van der Waals surface area (Å²) < 4.78 is 0. The van der Waals surface area contributed by atoms with Gasteiger partial charge in [-0.1, -0.05) is 37.0 Å². The van der Waals surface area contributed by atoms with E-state index in [2.05, 4.69) is 24.1 Å². The first-order valence-electron chi connectivity index (χ1n) is 7.24. The molecule has 1 aromatic rings. The molecule has 6 heteroatoms. The first-order valence-corrected chi connectivity index (χ1v) is 8.00. The van der Waals surface area contributed by atoms with Crippen LogP contribution in [0.5, 0.6) is 0 Å². The van der Waals surface area contributed by atoms with Crippen LogP contribution in [0.3, 0.4) is 0 Å². The number of benzene rings is 1. The maximum Gasteiger partial charge on any atom is 0.225 e. The molecule has 1 aromatic carbocycles. The second kappa shape index (κ2) is 9.13. The molecular formula is C15H23Cl2N3O. The lowest BCUT2D eigenvalue weighted by atomic mass is 10.2. The van der Waals surface area contributed by atoms with Crippen molar-refractivity contribution in [2.24, 2.45) is 0 Å². The zero-order chi connectivity index (χ0) is 15.8. The number of nitrogens with one attached hydrogen (secondary N) is 1. The minimum Gasteiger partial charge on any atom is -0.399 e. The van der Waals surface area contributed by atoms with E-state index in [1.165, 1.54) is 0 Å². The van der Waals surface area contributed by atoms with E-state index in [-0.39, 0.29) is 5.91 Å². The Bertz CT molecular complexity index is 451. The summed E-state index contributed by atoms with van der Waals surface area (Å²) in [6.45, 7) is 7.01. The number of nitrogens with zero attached hydrogens (tertiary/aromatic N) is 1. The van der Waals surface area contributed by atoms with Gasteiger partial charge in [0.25, 0.3) is 0 Å². The van der Waals surface area contributed by atoms with Gasteiger partial charge < -0.3 is 16.0 Å². The summed E-state index contributed by atoms with van der Waals surface area (Å²) in [4.78, 5) is 14.3. The van der Waals surface area contributed by atoms with E-state index in [4.69, 9.17) is 28.9 Å². The zero-order valence-electron chi connectivity index (χ0n) is 12.6.